The van der Waals surface area contributed by atoms with E-state index >= 15 is 0 Å². The van der Waals surface area contributed by atoms with Crippen LogP contribution in [-0.2, 0) is 9.47 Å². The second-order valence-electron chi connectivity index (χ2n) is 4.87. The summed E-state index contributed by atoms with van der Waals surface area (Å²) in [6.07, 6.45) is 1.44. The Bertz CT molecular complexity index is 184. The molecule has 2 nitrogen and oxygen atoms in total. The average Bonchev–Trinajstić information content (AvgIpc) is 1.78. The number of rotatable bonds is 2. The molecule has 13 heavy (non-hydrogen) atoms. The zero-order valence-electron chi connectivity index (χ0n) is 9.27. The lowest BCUT2D eigenvalue weighted by Crippen LogP contribution is -2.19. The van der Waals surface area contributed by atoms with Crippen molar-refractivity contribution in [1.29, 1.82) is 0 Å². The van der Waals surface area contributed by atoms with Gasteiger partial charge < -0.3 is 9.47 Å². The molecule has 0 saturated heterocycles. The molecule has 0 saturated carbocycles. The third-order valence-corrected chi connectivity index (χ3v) is 1.08. The molecule has 0 rings (SSSR count). The Morgan fingerprint density at radius 1 is 1.00 bits per heavy atom. The maximum atomic E-state index is 5.79. The molecule has 0 unspecified atom stereocenters. The van der Waals surface area contributed by atoms with Crippen molar-refractivity contribution in [2.75, 3.05) is 0 Å². The minimum absolute atomic E-state index is 0.235. The lowest BCUT2D eigenvalue weighted by atomic mass is 10.2. The van der Waals surface area contributed by atoms with E-state index < -0.39 is 0 Å². The van der Waals surface area contributed by atoms with Crippen molar-refractivity contribution in [3.05, 3.63) is 11.5 Å². The number of hydrogen-bond donors (Lipinski definition) is 0. The van der Waals surface area contributed by atoms with Crippen LogP contribution in [0, 0.1) is 0 Å². The Labute approximate surface area is 85.9 Å². The molecule has 0 aliphatic carbocycles. The van der Waals surface area contributed by atoms with Crippen molar-refractivity contribution in [2.24, 2.45) is 0 Å². The molecule has 78 valence electrons. The van der Waals surface area contributed by atoms with Gasteiger partial charge in [0.05, 0.1) is 0 Å². The van der Waals surface area contributed by atoms with E-state index in [2.05, 4.69) is 0 Å². The number of hydrogen-bond acceptors (Lipinski definition) is 2. The molecule has 0 aromatic rings. The Morgan fingerprint density at radius 3 is 1.77 bits per heavy atom. The van der Waals surface area contributed by atoms with Gasteiger partial charge in [-0.05, 0) is 53.1 Å². The van der Waals surface area contributed by atoms with E-state index in [1.807, 2.05) is 41.5 Å². The van der Waals surface area contributed by atoms with Crippen LogP contribution in [0.25, 0.3) is 0 Å². The van der Waals surface area contributed by atoms with Crippen LogP contribution >= 0.6 is 11.6 Å². The van der Waals surface area contributed by atoms with Crippen LogP contribution < -0.4 is 0 Å². The first-order valence-electron chi connectivity index (χ1n) is 4.33. The Hall–Kier alpha value is -0.370. The van der Waals surface area contributed by atoms with Gasteiger partial charge in [0, 0.05) is 0 Å². The number of ether oxygens (including phenoxy) is 2. The zero-order chi connectivity index (χ0) is 10.7. The summed E-state index contributed by atoms with van der Waals surface area (Å²) in [4.78, 5) is 0. The average molecular weight is 207 g/mol. The molecule has 0 aromatic heterocycles. The normalized spacial score (nSPS) is 14.2. The summed E-state index contributed by atoms with van der Waals surface area (Å²) in [5, 5.41) is 0.280. The highest BCUT2D eigenvalue weighted by atomic mass is 35.5. The van der Waals surface area contributed by atoms with Crippen LogP contribution in [0.5, 0.6) is 0 Å². The van der Waals surface area contributed by atoms with Crippen LogP contribution in [0.3, 0.4) is 0 Å². The third kappa shape index (κ3) is 9.54. The predicted molar refractivity (Wildman–Crippen MR) is 55.6 cm³/mol. The Kier molecular flexibility index (Phi) is 4.11. The SMILES string of the molecule is CC(C)(C)OC=C(Cl)OC(C)(C)C. The largest absolute Gasteiger partial charge is 0.491 e. The van der Waals surface area contributed by atoms with E-state index in [4.69, 9.17) is 21.1 Å². The topological polar surface area (TPSA) is 18.5 Å². The Morgan fingerprint density at radius 2 is 1.46 bits per heavy atom. The van der Waals surface area contributed by atoms with Gasteiger partial charge in [0.15, 0.2) is 0 Å². The summed E-state index contributed by atoms with van der Waals surface area (Å²) in [7, 11) is 0. The highest BCUT2D eigenvalue weighted by Gasteiger charge is 2.14. The molecule has 0 spiro atoms. The smallest absolute Gasteiger partial charge is 0.223 e. The lowest BCUT2D eigenvalue weighted by Gasteiger charge is -2.22. The number of halogens is 1. The van der Waals surface area contributed by atoms with E-state index in [-0.39, 0.29) is 16.4 Å². The van der Waals surface area contributed by atoms with Crippen LogP contribution in [-0.4, -0.2) is 11.2 Å². The van der Waals surface area contributed by atoms with Crippen molar-refractivity contribution in [3.8, 4) is 0 Å². The predicted octanol–water partition coefficient (Wildman–Crippen LogP) is 3.65. The third-order valence-electron chi connectivity index (χ3n) is 0.909. The standard InChI is InChI=1S/C10H19ClO2/c1-9(2,3)12-7-8(11)13-10(4,5)6/h7H,1-6H3. The van der Waals surface area contributed by atoms with Crippen molar-refractivity contribution >= 4 is 11.6 Å². The first-order chi connectivity index (χ1) is 5.60. The molecule has 0 amide bonds. The van der Waals surface area contributed by atoms with E-state index in [1.54, 1.807) is 0 Å². The molecule has 0 atom stereocenters. The van der Waals surface area contributed by atoms with E-state index in [0.29, 0.717) is 0 Å². The van der Waals surface area contributed by atoms with E-state index in [9.17, 15) is 0 Å². The van der Waals surface area contributed by atoms with Crippen molar-refractivity contribution < 1.29 is 9.47 Å². The summed E-state index contributed by atoms with van der Waals surface area (Å²) in [5.41, 5.74) is -0.518. The molecule has 0 aromatic carbocycles. The summed E-state index contributed by atoms with van der Waals surface area (Å²) in [6.45, 7) is 11.6. The van der Waals surface area contributed by atoms with Gasteiger partial charge >= 0.3 is 0 Å². The van der Waals surface area contributed by atoms with Gasteiger partial charge in [-0.1, -0.05) is 0 Å². The first kappa shape index (κ1) is 12.6. The summed E-state index contributed by atoms with van der Waals surface area (Å²) in [5.74, 6) is 0. The molecule has 0 bridgehead atoms. The summed E-state index contributed by atoms with van der Waals surface area (Å²) in [6, 6.07) is 0. The molecule has 0 aliphatic heterocycles. The molecule has 0 heterocycles. The van der Waals surface area contributed by atoms with Crippen LogP contribution in [0.1, 0.15) is 41.5 Å². The highest BCUT2D eigenvalue weighted by Crippen LogP contribution is 2.18. The minimum atomic E-state index is -0.283. The van der Waals surface area contributed by atoms with Crippen LogP contribution in [0.15, 0.2) is 11.5 Å². The second-order valence-corrected chi connectivity index (χ2v) is 5.24. The molecule has 0 radical (unpaired) electrons. The monoisotopic (exact) mass is 206 g/mol. The van der Waals surface area contributed by atoms with Gasteiger partial charge in [0.2, 0.25) is 5.22 Å². The molecule has 0 aliphatic rings. The van der Waals surface area contributed by atoms with E-state index in [1.165, 1.54) is 6.26 Å². The lowest BCUT2D eigenvalue weighted by molar-refractivity contribution is 0.0366. The van der Waals surface area contributed by atoms with Gasteiger partial charge in [-0.25, -0.2) is 0 Å². The Balaban J connectivity index is 4.05. The molecule has 0 fully saturated rings. The van der Waals surface area contributed by atoms with E-state index in [0.717, 1.165) is 0 Å². The van der Waals surface area contributed by atoms with Crippen molar-refractivity contribution in [1.82, 2.24) is 0 Å². The highest BCUT2D eigenvalue weighted by molar-refractivity contribution is 6.28. The zero-order valence-corrected chi connectivity index (χ0v) is 10.0. The molecule has 3 heteroatoms. The maximum absolute atomic E-state index is 5.79. The first-order valence-corrected chi connectivity index (χ1v) is 4.70. The molecule has 0 N–H and O–H groups in total. The van der Waals surface area contributed by atoms with Crippen molar-refractivity contribution in [3.63, 3.8) is 0 Å². The van der Waals surface area contributed by atoms with Crippen LogP contribution in [0.2, 0.25) is 0 Å². The fourth-order valence-corrected chi connectivity index (χ4v) is 0.816. The van der Waals surface area contributed by atoms with Gasteiger partial charge in [-0.2, -0.15) is 0 Å². The summed E-state index contributed by atoms with van der Waals surface area (Å²) < 4.78 is 10.7. The van der Waals surface area contributed by atoms with Gasteiger partial charge in [0.25, 0.3) is 0 Å². The minimum Gasteiger partial charge on any atom is -0.491 e. The quantitative estimate of drug-likeness (QED) is 0.642. The fourth-order valence-electron chi connectivity index (χ4n) is 0.540. The van der Waals surface area contributed by atoms with Crippen LogP contribution in [0.4, 0.5) is 0 Å². The fraction of sp³-hybridized carbons (Fsp3) is 0.800. The van der Waals surface area contributed by atoms with Gasteiger partial charge in [-0.3, -0.25) is 0 Å². The molecular formula is C10H19ClO2. The second kappa shape index (κ2) is 4.23. The van der Waals surface area contributed by atoms with Gasteiger partial charge in [0.1, 0.15) is 17.5 Å². The van der Waals surface area contributed by atoms with Gasteiger partial charge in [-0.15, -0.1) is 0 Å². The summed E-state index contributed by atoms with van der Waals surface area (Å²) >= 11 is 5.79. The molecular weight excluding hydrogens is 188 g/mol. The van der Waals surface area contributed by atoms with Crippen molar-refractivity contribution in [2.45, 2.75) is 52.7 Å². The maximum Gasteiger partial charge on any atom is 0.223 e.